The number of alkyl halides is 3. The van der Waals surface area contributed by atoms with Gasteiger partial charge < -0.3 is 10.4 Å². The van der Waals surface area contributed by atoms with Crippen molar-refractivity contribution in [2.45, 2.75) is 18.6 Å². The van der Waals surface area contributed by atoms with Crippen LogP contribution in [0, 0.1) is 0 Å². The van der Waals surface area contributed by atoms with Crippen molar-refractivity contribution in [2.24, 2.45) is 0 Å². The number of halogens is 3. The SMILES string of the molecule is O=C(N[C@@H](Cc1cccc(C(F)(F)F)c1)C(=O)O)c1c2ccccc2nc2ccccc12. The van der Waals surface area contributed by atoms with Gasteiger partial charge in [-0.25, -0.2) is 9.78 Å². The average molecular weight is 438 g/mol. The van der Waals surface area contributed by atoms with Gasteiger partial charge >= 0.3 is 12.1 Å². The molecule has 32 heavy (non-hydrogen) atoms. The lowest BCUT2D eigenvalue weighted by molar-refractivity contribution is -0.139. The van der Waals surface area contributed by atoms with Crippen molar-refractivity contribution in [1.29, 1.82) is 0 Å². The summed E-state index contributed by atoms with van der Waals surface area (Å²) in [6, 6.07) is 16.9. The minimum absolute atomic E-state index is 0.150. The van der Waals surface area contributed by atoms with Crippen LogP contribution in [0.5, 0.6) is 0 Å². The second-order valence-corrected chi connectivity index (χ2v) is 7.29. The summed E-state index contributed by atoms with van der Waals surface area (Å²) in [5, 5.41) is 13.2. The molecular weight excluding hydrogens is 421 g/mol. The lowest BCUT2D eigenvalue weighted by Crippen LogP contribution is -2.42. The second-order valence-electron chi connectivity index (χ2n) is 7.29. The summed E-state index contributed by atoms with van der Waals surface area (Å²) < 4.78 is 39.0. The summed E-state index contributed by atoms with van der Waals surface area (Å²) in [5.74, 6) is -1.99. The Bertz CT molecular complexity index is 1280. The van der Waals surface area contributed by atoms with E-state index in [0.29, 0.717) is 21.8 Å². The number of nitrogens with one attached hydrogen (secondary N) is 1. The summed E-state index contributed by atoms with van der Waals surface area (Å²) in [6.45, 7) is 0. The summed E-state index contributed by atoms with van der Waals surface area (Å²) in [7, 11) is 0. The Labute approximate surface area is 180 Å². The number of nitrogens with zero attached hydrogens (tertiary/aromatic N) is 1. The summed E-state index contributed by atoms with van der Waals surface area (Å²) in [4.78, 5) is 29.6. The third kappa shape index (κ3) is 4.25. The number of carboxylic acids is 1. The van der Waals surface area contributed by atoms with Crippen LogP contribution >= 0.6 is 0 Å². The lowest BCUT2D eigenvalue weighted by atomic mass is 10.00. The predicted molar refractivity (Wildman–Crippen MR) is 113 cm³/mol. The molecular formula is C24H17F3N2O3. The van der Waals surface area contributed by atoms with E-state index in [4.69, 9.17) is 0 Å². The number of hydrogen-bond acceptors (Lipinski definition) is 3. The molecule has 0 unspecified atom stereocenters. The highest BCUT2D eigenvalue weighted by Crippen LogP contribution is 2.30. The summed E-state index contributed by atoms with van der Waals surface area (Å²) in [6.07, 6.45) is -4.85. The Balaban J connectivity index is 1.70. The highest BCUT2D eigenvalue weighted by atomic mass is 19.4. The van der Waals surface area contributed by atoms with E-state index in [2.05, 4.69) is 10.3 Å². The summed E-state index contributed by atoms with van der Waals surface area (Å²) >= 11 is 0. The van der Waals surface area contributed by atoms with Crippen molar-refractivity contribution in [1.82, 2.24) is 10.3 Å². The minimum atomic E-state index is -4.55. The normalized spacial score (nSPS) is 12.6. The molecule has 1 heterocycles. The number of carbonyl (C=O) groups is 2. The molecule has 0 radical (unpaired) electrons. The third-order valence-electron chi connectivity index (χ3n) is 5.11. The van der Waals surface area contributed by atoms with Crippen LogP contribution in [-0.4, -0.2) is 28.0 Å². The number of aromatic nitrogens is 1. The fourth-order valence-corrected chi connectivity index (χ4v) is 3.63. The maximum atomic E-state index is 13.2. The van der Waals surface area contributed by atoms with Gasteiger partial charge in [-0.2, -0.15) is 13.2 Å². The molecule has 1 amide bonds. The van der Waals surface area contributed by atoms with Gasteiger partial charge in [-0.3, -0.25) is 4.79 Å². The van der Waals surface area contributed by atoms with E-state index in [1.165, 1.54) is 12.1 Å². The quantitative estimate of drug-likeness (QED) is 0.438. The Hall–Kier alpha value is -3.94. The molecule has 0 aliphatic rings. The van der Waals surface area contributed by atoms with E-state index in [1.54, 1.807) is 48.5 Å². The number of carbonyl (C=O) groups excluding carboxylic acids is 1. The number of rotatable bonds is 5. The molecule has 3 aromatic carbocycles. The minimum Gasteiger partial charge on any atom is -0.480 e. The van der Waals surface area contributed by atoms with Gasteiger partial charge in [-0.15, -0.1) is 0 Å². The van der Waals surface area contributed by atoms with Crippen LogP contribution in [0.25, 0.3) is 21.8 Å². The summed E-state index contributed by atoms with van der Waals surface area (Å²) in [5.41, 5.74) is 0.678. The van der Waals surface area contributed by atoms with E-state index in [0.717, 1.165) is 12.1 Å². The van der Waals surface area contributed by atoms with Gasteiger partial charge in [-0.05, 0) is 23.8 Å². The van der Waals surface area contributed by atoms with Crippen LogP contribution in [0.2, 0.25) is 0 Å². The van der Waals surface area contributed by atoms with E-state index in [9.17, 15) is 27.9 Å². The molecule has 0 spiro atoms. The standard InChI is InChI=1S/C24H17F3N2O3/c25-24(26,27)15-7-5-6-14(12-15)13-20(23(31)32)29-22(30)21-16-8-1-3-10-18(16)28-19-11-4-2-9-17(19)21/h1-12,20H,13H2,(H,29,30)(H,31,32)/t20-/m0/s1. The molecule has 4 rings (SSSR count). The van der Waals surface area contributed by atoms with Crippen LogP contribution in [0.4, 0.5) is 13.2 Å². The molecule has 2 N–H and O–H groups in total. The molecule has 8 heteroatoms. The van der Waals surface area contributed by atoms with Gasteiger partial charge in [0.05, 0.1) is 22.2 Å². The van der Waals surface area contributed by atoms with Gasteiger partial charge in [0.25, 0.3) is 5.91 Å². The van der Waals surface area contributed by atoms with Crippen molar-refractivity contribution in [3.8, 4) is 0 Å². The first-order valence-electron chi connectivity index (χ1n) is 9.71. The van der Waals surface area contributed by atoms with Crippen molar-refractivity contribution < 1.29 is 27.9 Å². The molecule has 4 aromatic rings. The smallest absolute Gasteiger partial charge is 0.416 e. The van der Waals surface area contributed by atoms with Crippen LogP contribution in [0.3, 0.4) is 0 Å². The molecule has 0 bridgehead atoms. The fraction of sp³-hybridized carbons (Fsp3) is 0.125. The number of carboxylic acid groups (broad SMARTS) is 1. The van der Waals surface area contributed by atoms with Crippen molar-refractivity contribution in [2.75, 3.05) is 0 Å². The first kappa shape index (κ1) is 21.3. The molecule has 0 aliphatic carbocycles. The van der Waals surface area contributed by atoms with E-state index in [-0.39, 0.29) is 17.5 Å². The van der Waals surface area contributed by atoms with E-state index >= 15 is 0 Å². The molecule has 0 aliphatic heterocycles. The van der Waals surface area contributed by atoms with Gasteiger partial charge in [0, 0.05) is 17.2 Å². The molecule has 5 nitrogen and oxygen atoms in total. The van der Waals surface area contributed by atoms with Gasteiger partial charge in [0.15, 0.2) is 0 Å². The van der Waals surface area contributed by atoms with Crippen molar-refractivity contribution in [3.05, 3.63) is 89.5 Å². The Morgan fingerprint density at radius 2 is 1.50 bits per heavy atom. The van der Waals surface area contributed by atoms with Gasteiger partial charge in [-0.1, -0.05) is 54.6 Å². The van der Waals surface area contributed by atoms with Crippen LogP contribution in [-0.2, 0) is 17.4 Å². The lowest BCUT2D eigenvalue weighted by Gasteiger charge is -2.17. The topological polar surface area (TPSA) is 79.3 Å². The maximum Gasteiger partial charge on any atom is 0.416 e. The molecule has 1 aromatic heterocycles. The van der Waals surface area contributed by atoms with E-state index in [1.807, 2.05) is 0 Å². The largest absolute Gasteiger partial charge is 0.480 e. The zero-order chi connectivity index (χ0) is 22.9. The van der Waals surface area contributed by atoms with Crippen LogP contribution in [0.15, 0.2) is 72.8 Å². The first-order valence-corrected chi connectivity index (χ1v) is 9.71. The Morgan fingerprint density at radius 3 is 2.06 bits per heavy atom. The Morgan fingerprint density at radius 1 is 0.906 bits per heavy atom. The zero-order valence-electron chi connectivity index (χ0n) is 16.6. The van der Waals surface area contributed by atoms with Crippen LogP contribution in [0.1, 0.15) is 21.5 Å². The number of amides is 1. The monoisotopic (exact) mass is 438 g/mol. The number of aliphatic carboxylic acids is 1. The fourth-order valence-electron chi connectivity index (χ4n) is 3.63. The molecule has 162 valence electrons. The van der Waals surface area contributed by atoms with Crippen molar-refractivity contribution in [3.63, 3.8) is 0 Å². The van der Waals surface area contributed by atoms with Crippen LogP contribution < -0.4 is 5.32 Å². The molecule has 1 atom stereocenters. The predicted octanol–water partition coefficient (Wildman–Crippen LogP) is 4.83. The molecule has 0 fully saturated rings. The van der Waals surface area contributed by atoms with Gasteiger partial charge in [0.2, 0.25) is 0 Å². The van der Waals surface area contributed by atoms with E-state index < -0.39 is 29.7 Å². The number of pyridine rings is 1. The number of benzene rings is 3. The van der Waals surface area contributed by atoms with Gasteiger partial charge in [0.1, 0.15) is 6.04 Å². The highest BCUT2D eigenvalue weighted by molar-refractivity contribution is 6.16. The maximum absolute atomic E-state index is 13.2. The second kappa shape index (κ2) is 8.30. The third-order valence-corrected chi connectivity index (χ3v) is 5.11. The average Bonchev–Trinajstić information content (AvgIpc) is 2.76. The highest BCUT2D eigenvalue weighted by Gasteiger charge is 2.31. The zero-order valence-corrected chi connectivity index (χ0v) is 16.6. The molecule has 0 saturated carbocycles. The number of hydrogen-bond donors (Lipinski definition) is 2. The Kier molecular flexibility index (Phi) is 5.52. The number of fused-ring (bicyclic) bond motifs is 2. The molecule has 0 saturated heterocycles. The first-order chi connectivity index (χ1) is 15.2. The number of para-hydroxylation sites is 2. The van der Waals surface area contributed by atoms with Crippen molar-refractivity contribution >= 4 is 33.7 Å².